The van der Waals surface area contributed by atoms with Gasteiger partial charge in [0, 0.05) is 28.2 Å². The summed E-state index contributed by atoms with van der Waals surface area (Å²) >= 11 is 2.14. The smallest absolute Gasteiger partial charge is 0.240 e. The van der Waals surface area contributed by atoms with Crippen molar-refractivity contribution in [3.05, 3.63) is 48.3 Å². The molecule has 24 heavy (non-hydrogen) atoms. The Kier molecular flexibility index (Phi) is 5.21. The molecule has 0 aliphatic heterocycles. The van der Waals surface area contributed by atoms with Gasteiger partial charge in [-0.3, -0.25) is 0 Å². The van der Waals surface area contributed by atoms with Crippen molar-refractivity contribution < 1.29 is 8.42 Å². The third kappa shape index (κ3) is 3.47. The van der Waals surface area contributed by atoms with Crippen LogP contribution in [0.1, 0.15) is 12.6 Å². The summed E-state index contributed by atoms with van der Waals surface area (Å²) in [5.41, 5.74) is 3.99. The fraction of sp³-hybridized carbons (Fsp3) is 0.235. The van der Waals surface area contributed by atoms with Crippen molar-refractivity contribution in [2.24, 2.45) is 0 Å². The number of hydrogen-bond donors (Lipinski definition) is 2. The maximum atomic E-state index is 12.2. The number of aromatic nitrogens is 2. The van der Waals surface area contributed by atoms with Crippen molar-refractivity contribution in [3.63, 3.8) is 0 Å². The number of benzene rings is 1. The zero-order valence-electron chi connectivity index (χ0n) is 13.2. The minimum Gasteiger partial charge on any atom is -0.343 e. The first kappa shape index (κ1) is 17.4. The summed E-state index contributed by atoms with van der Waals surface area (Å²) in [6.45, 7) is 2.52. The minimum absolute atomic E-state index is 0.282. The van der Waals surface area contributed by atoms with Gasteiger partial charge in [-0.25, -0.2) is 18.1 Å². The van der Waals surface area contributed by atoms with Crippen molar-refractivity contribution in [3.8, 4) is 11.1 Å². The average Bonchev–Trinajstić information content (AvgIpc) is 3.03. The first-order valence-corrected chi connectivity index (χ1v) is 10.7. The van der Waals surface area contributed by atoms with Gasteiger partial charge in [-0.2, -0.15) is 0 Å². The Hall–Kier alpha value is -1.45. The summed E-state index contributed by atoms with van der Waals surface area (Å²) in [7, 11) is -3.44. The molecule has 2 heterocycles. The number of nitrogens with one attached hydrogen (secondary N) is 2. The van der Waals surface area contributed by atoms with Gasteiger partial charge in [-0.05, 0) is 41.8 Å². The molecular formula is C17H18IN3O2S. The van der Waals surface area contributed by atoms with E-state index in [2.05, 4.69) is 50.3 Å². The van der Waals surface area contributed by atoms with Crippen LogP contribution < -0.4 is 4.72 Å². The Morgan fingerprint density at radius 2 is 1.96 bits per heavy atom. The molecule has 0 saturated carbocycles. The van der Waals surface area contributed by atoms with Gasteiger partial charge in [0.15, 0.2) is 0 Å². The fourth-order valence-corrected chi connectivity index (χ4v) is 4.26. The maximum Gasteiger partial charge on any atom is 0.240 e. The second kappa shape index (κ2) is 7.20. The summed E-state index contributed by atoms with van der Waals surface area (Å²) in [5.74, 6) is 0. The van der Waals surface area contributed by atoms with E-state index in [1.165, 1.54) is 0 Å². The summed E-state index contributed by atoms with van der Waals surface area (Å²) < 4.78 is 27.6. The predicted octanol–water partition coefficient (Wildman–Crippen LogP) is 3.51. The Labute approximate surface area is 155 Å². The van der Waals surface area contributed by atoms with Crippen molar-refractivity contribution >= 4 is 43.6 Å². The van der Waals surface area contributed by atoms with Crippen LogP contribution in [0.25, 0.3) is 22.2 Å². The van der Waals surface area contributed by atoms with Gasteiger partial charge in [-0.15, -0.1) is 0 Å². The van der Waals surface area contributed by atoms with Crippen LogP contribution in [-0.2, 0) is 16.4 Å². The molecule has 0 amide bonds. The number of pyridine rings is 1. The standard InChI is InChI=1S/C17H18IN3O2S/c1-2-13-11-16-15(7-9-19-17(16)21-13)12-3-5-14(6-4-12)24(22,23)20-10-8-18/h3-7,9,11,20H,2,8,10H2,1H3,(H,19,21). The molecule has 126 valence electrons. The highest BCUT2D eigenvalue weighted by Gasteiger charge is 2.14. The highest BCUT2D eigenvalue weighted by molar-refractivity contribution is 14.1. The number of sulfonamides is 1. The summed E-state index contributed by atoms with van der Waals surface area (Å²) in [5, 5.41) is 1.05. The van der Waals surface area contributed by atoms with Crippen LogP contribution in [0, 0.1) is 0 Å². The molecule has 5 nitrogen and oxygen atoms in total. The Morgan fingerprint density at radius 3 is 2.62 bits per heavy atom. The summed E-state index contributed by atoms with van der Waals surface area (Å²) in [6, 6.07) is 11.0. The van der Waals surface area contributed by atoms with E-state index in [0.29, 0.717) is 6.54 Å². The minimum atomic E-state index is -3.44. The summed E-state index contributed by atoms with van der Waals surface area (Å²) in [4.78, 5) is 7.94. The van der Waals surface area contributed by atoms with Gasteiger partial charge in [0.1, 0.15) is 5.65 Å². The number of aromatic amines is 1. The third-order valence-corrected chi connectivity index (χ3v) is 5.85. The lowest BCUT2D eigenvalue weighted by atomic mass is 10.0. The predicted molar refractivity (Wildman–Crippen MR) is 105 cm³/mol. The number of aryl methyl sites for hydroxylation is 1. The van der Waals surface area contributed by atoms with E-state index in [1.54, 1.807) is 18.3 Å². The molecule has 0 bridgehead atoms. The van der Waals surface area contributed by atoms with E-state index in [0.717, 1.165) is 38.7 Å². The zero-order chi connectivity index (χ0) is 17.2. The molecule has 1 aromatic carbocycles. The fourth-order valence-electron chi connectivity index (χ4n) is 2.59. The van der Waals surface area contributed by atoms with Crippen molar-refractivity contribution in [1.29, 1.82) is 0 Å². The van der Waals surface area contributed by atoms with Crippen molar-refractivity contribution in [2.75, 3.05) is 11.0 Å². The molecule has 2 aromatic heterocycles. The normalized spacial score (nSPS) is 11.9. The van der Waals surface area contributed by atoms with Crippen LogP contribution in [0.5, 0.6) is 0 Å². The van der Waals surface area contributed by atoms with Crippen molar-refractivity contribution in [2.45, 2.75) is 18.2 Å². The molecule has 3 aromatic rings. The van der Waals surface area contributed by atoms with Gasteiger partial charge in [0.05, 0.1) is 4.90 Å². The van der Waals surface area contributed by atoms with Crippen LogP contribution >= 0.6 is 22.6 Å². The SMILES string of the molecule is CCc1cc2c(-c3ccc(S(=O)(=O)NCCI)cc3)ccnc2[nH]1. The topological polar surface area (TPSA) is 74.8 Å². The Bertz CT molecular complexity index is 950. The van der Waals surface area contributed by atoms with Gasteiger partial charge in [-0.1, -0.05) is 41.6 Å². The van der Waals surface area contributed by atoms with Crippen LogP contribution in [0.15, 0.2) is 47.5 Å². The first-order valence-electron chi connectivity index (χ1n) is 7.68. The molecule has 0 atom stereocenters. The molecule has 0 unspecified atom stereocenters. The molecule has 7 heteroatoms. The second-order valence-corrected chi connectivity index (χ2v) is 8.23. The molecular weight excluding hydrogens is 437 g/mol. The average molecular weight is 455 g/mol. The van der Waals surface area contributed by atoms with E-state index < -0.39 is 10.0 Å². The number of halogens is 1. The number of alkyl halides is 1. The number of rotatable bonds is 6. The van der Waals surface area contributed by atoms with E-state index >= 15 is 0 Å². The molecule has 3 rings (SSSR count). The summed E-state index contributed by atoms with van der Waals surface area (Å²) in [6.07, 6.45) is 2.68. The molecule has 0 saturated heterocycles. The van der Waals surface area contributed by atoms with Gasteiger partial charge in [0.2, 0.25) is 10.0 Å². The first-order chi connectivity index (χ1) is 11.5. The lowest BCUT2D eigenvalue weighted by Gasteiger charge is -2.07. The third-order valence-electron chi connectivity index (χ3n) is 3.83. The zero-order valence-corrected chi connectivity index (χ0v) is 16.2. The lowest BCUT2D eigenvalue weighted by Crippen LogP contribution is -2.25. The molecule has 0 spiro atoms. The van der Waals surface area contributed by atoms with E-state index in [-0.39, 0.29) is 4.90 Å². The molecule has 0 fully saturated rings. The molecule has 0 aliphatic carbocycles. The molecule has 0 aliphatic rings. The maximum absolute atomic E-state index is 12.2. The highest BCUT2D eigenvalue weighted by atomic mass is 127. The Balaban J connectivity index is 1.98. The molecule has 0 radical (unpaired) electrons. The van der Waals surface area contributed by atoms with Gasteiger partial charge < -0.3 is 4.98 Å². The van der Waals surface area contributed by atoms with Gasteiger partial charge >= 0.3 is 0 Å². The monoisotopic (exact) mass is 455 g/mol. The van der Waals surface area contributed by atoms with E-state index in [9.17, 15) is 8.42 Å². The van der Waals surface area contributed by atoms with Crippen LogP contribution in [0.3, 0.4) is 0 Å². The number of H-pyrrole nitrogens is 1. The number of fused-ring (bicyclic) bond motifs is 1. The van der Waals surface area contributed by atoms with Crippen LogP contribution in [0.2, 0.25) is 0 Å². The quantitative estimate of drug-likeness (QED) is 0.442. The van der Waals surface area contributed by atoms with Gasteiger partial charge in [0.25, 0.3) is 0 Å². The van der Waals surface area contributed by atoms with Crippen LogP contribution in [-0.4, -0.2) is 29.4 Å². The Morgan fingerprint density at radius 1 is 1.21 bits per heavy atom. The second-order valence-electron chi connectivity index (χ2n) is 5.38. The highest BCUT2D eigenvalue weighted by Crippen LogP contribution is 2.29. The lowest BCUT2D eigenvalue weighted by molar-refractivity contribution is 0.584. The van der Waals surface area contributed by atoms with E-state index in [4.69, 9.17) is 0 Å². The number of nitrogens with zero attached hydrogens (tertiary/aromatic N) is 1. The van der Waals surface area contributed by atoms with Crippen molar-refractivity contribution in [1.82, 2.24) is 14.7 Å². The number of hydrogen-bond acceptors (Lipinski definition) is 3. The molecule has 2 N–H and O–H groups in total. The van der Waals surface area contributed by atoms with Crippen LogP contribution in [0.4, 0.5) is 0 Å². The van der Waals surface area contributed by atoms with E-state index in [1.807, 2.05) is 18.2 Å². The largest absolute Gasteiger partial charge is 0.343 e.